The number of methoxy groups -OCH3 is 1. The van der Waals surface area contributed by atoms with E-state index in [0.717, 1.165) is 29.9 Å². The molecule has 2 aromatic rings. The summed E-state index contributed by atoms with van der Waals surface area (Å²) in [6.45, 7) is 4.45. The third-order valence-corrected chi connectivity index (χ3v) is 4.89. The molecule has 0 saturated carbocycles. The first-order chi connectivity index (χ1) is 14.5. The number of carbonyl (C=O) groups is 2. The zero-order valence-corrected chi connectivity index (χ0v) is 18.2. The molecule has 2 aromatic carbocycles. The molecular formula is C25H32O5. The monoisotopic (exact) mass is 412 g/mol. The molecule has 162 valence electrons. The third kappa shape index (κ3) is 7.54. The van der Waals surface area contributed by atoms with Crippen molar-refractivity contribution >= 4 is 11.9 Å². The Morgan fingerprint density at radius 2 is 1.40 bits per heavy atom. The summed E-state index contributed by atoms with van der Waals surface area (Å²) < 4.78 is 15.5. The number of esters is 2. The highest BCUT2D eigenvalue weighted by molar-refractivity contribution is 5.92. The highest BCUT2D eigenvalue weighted by Crippen LogP contribution is 2.23. The minimum absolute atomic E-state index is 0.383. The Morgan fingerprint density at radius 3 is 2.00 bits per heavy atom. The van der Waals surface area contributed by atoms with Gasteiger partial charge >= 0.3 is 11.9 Å². The smallest absolute Gasteiger partial charge is 0.346 e. The lowest BCUT2D eigenvalue weighted by atomic mass is 10.0. The molecule has 5 nitrogen and oxygen atoms in total. The lowest BCUT2D eigenvalue weighted by molar-refractivity contribution is -0.149. The molecular weight excluding hydrogens is 380 g/mol. The third-order valence-electron chi connectivity index (χ3n) is 4.89. The summed E-state index contributed by atoms with van der Waals surface area (Å²) in [4.78, 5) is 23.5. The van der Waals surface area contributed by atoms with Gasteiger partial charge in [0.05, 0.1) is 19.3 Å². The van der Waals surface area contributed by atoms with E-state index in [1.807, 2.05) is 36.4 Å². The van der Waals surface area contributed by atoms with Gasteiger partial charge in [-0.3, -0.25) is 0 Å². The van der Waals surface area contributed by atoms with Crippen LogP contribution in [-0.4, -0.2) is 31.8 Å². The van der Waals surface area contributed by atoms with Crippen LogP contribution in [0, 0.1) is 0 Å². The number of hydrogen-bond acceptors (Lipinski definition) is 5. The van der Waals surface area contributed by atoms with Crippen LogP contribution >= 0.6 is 0 Å². The number of hydrogen-bond donors (Lipinski definition) is 0. The van der Waals surface area contributed by atoms with Crippen LogP contribution in [0.1, 0.15) is 62.7 Å². The molecule has 0 bridgehead atoms. The molecule has 0 fully saturated rings. The van der Waals surface area contributed by atoms with Gasteiger partial charge in [0.25, 0.3) is 0 Å². The van der Waals surface area contributed by atoms with Crippen LogP contribution in [0.4, 0.5) is 0 Å². The molecule has 0 radical (unpaired) electrons. The molecule has 0 N–H and O–H groups in total. The molecule has 0 spiro atoms. The van der Waals surface area contributed by atoms with Gasteiger partial charge < -0.3 is 14.2 Å². The van der Waals surface area contributed by atoms with E-state index in [2.05, 4.69) is 11.7 Å². The lowest BCUT2D eigenvalue weighted by Gasteiger charge is -2.11. The fraction of sp³-hybridized carbons (Fsp3) is 0.440. The summed E-state index contributed by atoms with van der Waals surface area (Å²) >= 11 is 0. The first kappa shape index (κ1) is 23.5. The number of carbonyl (C=O) groups excluding carboxylic acids is 2. The summed E-state index contributed by atoms with van der Waals surface area (Å²) in [6, 6.07) is 15.0. The van der Waals surface area contributed by atoms with E-state index < -0.39 is 18.0 Å². The van der Waals surface area contributed by atoms with Crippen molar-refractivity contribution in [3.63, 3.8) is 0 Å². The second-order valence-electron chi connectivity index (χ2n) is 7.29. The van der Waals surface area contributed by atoms with Crippen molar-refractivity contribution in [2.24, 2.45) is 0 Å². The van der Waals surface area contributed by atoms with Crippen LogP contribution in [0.25, 0.3) is 11.1 Å². The van der Waals surface area contributed by atoms with Gasteiger partial charge in [-0.1, -0.05) is 63.3 Å². The number of unbranched alkanes of at least 4 members (excludes halogenated alkanes) is 5. The van der Waals surface area contributed by atoms with Crippen molar-refractivity contribution in [3.05, 3.63) is 54.1 Å². The SMILES string of the molecule is CCCCCCCCOc1ccc(-c2ccc(C(=O)O[C@@H](C)C(=O)OC)cc2)cc1. The predicted molar refractivity (Wildman–Crippen MR) is 118 cm³/mol. The van der Waals surface area contributed by atoms with E-state index in [4.69, 9.17) is 9.47 Å². The van der Waals surface area contributed by atoms with Crippen LogP contribution in [0.3, 0.4) is 0 Å². The van der Waals surface area contributed by atoms with Crippen LogP contribution in [0.5, 0.6) is 5.75 Å². The maximum Gasteiger partial charge on any atom is 0.346 e. The van der Waals surface area contributed by atoms with Gasteiger partial charge in [0, 0.05) is 0 Å². The lowest BCUT2D eigenvalue weighted by Crippen LogP contribution is -2.25. The van der Waals surface area contributed by atoms with E-state index in [1.54, 1.807) is 12.1 Å². The largest absolute Gasteiger partial charge is 0.494 e. The van der Waals surface area contributed by atoms with Crippen molar-refractivity contribution in [1.29, 1.82) is 0 Å². The molecule has 0 heterocycles. The van der Waals surface area contributed by atoms with E-state index in [0.29, 0.717) is 5.56 Å². The van der Waals surface area contributed by atoms with Gasteiger partial charge in [-0.2, -0.15) is 0 Å². The van der Waals surface area contributed by atoms with Gasteiger partial charge in [0.2, 0.25) is 0 Å². The Bertz CT molecular complexity index is 780. The van der Waals surface area contributed by atoms with E-state index in [1.165, 1.54) is 46.1 Å². The van der Waals surface area contributed by atoms with Gasteiger partial charge in [-0.25, -0.2) is 9.59 Å². The van der Waals surface area contributed by atoms with Crippen molar-refractivity contribution < 1.29 is 23.8 Å². The van der Waals surface area contributed by atoms with Crippen molar-refractivity contribution in [1.82, 2.24) is 0 Å². The fourth-order valence-corrected chi connectivity index (χ4v) is 3.06. The van der Waals surface area contributed by atoms with Crippen molar-refractivity contribution in [2.45, 2.75) is 58.5 Å². The molecule has 0 aliphatic heterocycles. The van der Waals surface area contributed by atoms with Crippen LogP contribution in [0.15, 0.2) is 48.5 Å². The highest BCUT2D eigenvalue weighted by atomic mass is 16.6. The molecule has 0 unspecified atom stereocenters. The number of rotatable bonds is 12. The molecule has 30 heavy (non-hydrogen) atoms. The Hall–Kier alpha value is -2.82. The maximum atomic E-state index is 12.1. The Morgan fingerprint density at radius 1 is 0.833 bits per heavy atom. The Balaban J connectivity index is 1.83. The average Bonchev–Trinajstić information content (AvgIpc) is 2.78. The van der Waals surface area contributed by atoms with Gasteiger partial charge in [0.15, 0.2) is 6.10 Å². The summed E-state index contributed by atoms with van der Waals surface area (Å²) in [5.74, 6) is -0.277. The zero-order valence-electron chi connectivity index (χ0n) is 18.2. The molecule has 1 atom stereocenters. The maximum absolute atomic E-state index is 12.1. The first-order valence-electron chi connectivity index (χ1n) is 10.7. The highest BCUT2D eigenvalue weighted by Gasteiger charge is 2.19. The van der Waals surface area contributed by atoms with Gasteiger partial charge in [-0.15, -0.1) is 0 Å². The first-order valence-corrected chi connectivity index (χ1v) is 10.7. The second-order valence-corrected chi connectivity index (χ2v) is 7.29. The summed E-state index contributed by atoms with van der Waals surface area (Å²) in [6.07, 6.45) is 6.53. The summed E-state index contributed by atoms with van der Waals surface area (Å²) in [5.41, 5.74) is 2.40. The quantitative estimate of drug-likeness (QED) is 0.325. The number of benzene rings is 2. The standard InChI is InChI=1S/C25H32O5/c1-4-5-6-7-8-9-18-29-23-16-14-21(15-17-23)20-10-12-22(13-11-20)25(27)30-19(2)24(26)28-3/h10-17,19H,4-9,18H2,1-3H3/t19-/m0/s1. The molecule has 0 aromatic heterocycles. The van der Waals surface area contributed by atoms with E-state index in [9.17, 15) is 9.59 Å². The molecule has 0 saturated heterocycles. The summed E-state index contributed by atoms with van der Waals surface area (Å²) in [5, 5.41) is 0. The average molecular weight is 413 g/mol. The molecule has 2 rings (SSSR count). The second kappa shape index (κ2) is 12.7. The van der Waals surface area contributed by atoms with Crippen LogP contribution in [0.2, 0.25) is 0 Å². The van der Waals surface area contributed by atoms with Crippen molar-refractivity contribution in [2.75, 3.05) is 13.7 Å². The topological polar surface area (TPSA) is 61.8 Å². The van der Waals surface area contributed by atoms with Crippen molar-refractivity contribution in [3.8, 4) is 16.9 Å². The zero-order chi connectivity index (χ0) is 21.8. The van der Waals surface area contributed by atoms with Crippen LogP contribution < -0.4 is 4.74 Å². The number of ether oxygens (including phenoxy) is 3. The molecule has 0 aliphatic rings. The fourth-order valence-electron chi connectivity index (χ4n) is 3.06. The Kier molecular flexibility index (Phi) is 9.92. The minimum Gasteiger partial charge on any atom is -0.494 e. The summed E-state index contributed by atoms with van der Waals surface area (Å²) in [7, 11) is 1.26. The molecule has 0 aliphatic carbocycles. The van der Waals surface area contributed by atoms with Gasteiger partial charge in [-0.05, 0) is 48.7 Å². The predicted octanol–water partition coefficient (Wildman–Crippen LogP) is 5.81. The normalized spacial score (nSPS) is 11.6. The van der Waals surface area contributed by atoms with Gasteiger partial charge in [0.1, 0.15) is 5.75 Å². The van der Waals surface area contributed by atoms with E-state index >= 15 is 0 Å². The van der Waals surface area contributed by atoms with E-state index in [-0.39, 0.29) is 0 Å². The Labute approximate surface area is 179 Å². The van der Waals surface area contributed by atoms with Crippen LogP contribution in [-0.2, 0) is 14.3 Å². The molecule has 5 heteroatoms. The molecule has 0 amide bonds. The minimum atomic E-state index is -0.939.